The maximum atomic E-state index is 12.7. The number of aromatic nitrogens is 4. The number of amides is 1. The minimum absolute atomic E-state index is 0.130. The fourth-order valence-electron chi connectivity index (χ4n) is 2.86. The van der Waals surface area contributed by atoms with Gasteiger partial charge in [0.2, 0.25) is 0 Å². The summed E-state index contributed by atoms with van der Waals surface area (Å²) in [5.74, 6) is 0.809. The van der Waals surface area contributed by atoms with Crippen molar-refractivity contribution in [3.63, 3.8) is 0 Å². The highest BCUT2D eigenvalue weighted by atomic mass is 16.5. The van der Waals surface area contributed by atoms with E-state index in [-0.39, 0.29) is 12.5 Å². The third-order valence-corrected chi connectivity index (χ3v) is 4.32. The molecule has 1 amide bonds. The fraction of sp³-hybridized carbons (Fsp3) is 0.0909. The molecule has 4 rings (SSSR count). The van der Waals surface area contributed by atoms with Crippen LogP contribution in [0, 0.1) is 0 Å². The molecule has 144 valence electrons. The molecule has 0 spiro atoms. The molecule has 0 atom stereocenters. The number of carbonyl (C=O) groups is 1. The second-order valence-corrected chi connectivity index (χ2v) is 6.30. The summed E-state index contributed by atoms with van der Waals surface area (Å²) in [5, 5.41) is 14.7. The van der Waals surface area contributed by atoms with Crippen LogP contribution in [0.5, 0.6) is 5.75 Å². The van der Waals surface area contributed by atoms with E-state index in [4.69, 9.17) is 4.74 Å². The molecule has 0 unspecified atom stereocenters. The first-order valence-corrected chi connectivity index (χ1v) is 9.18. The van der Waals surface area contributed by atoms with E-state index < -0.39 is 0 Å². The van der Waals surface area contributed by atoms with E-state index in [0.29, 0.717) is 23.7 Å². The average Bonchev–Trinajstić information content (AvgIpc) is 3.26. The summed E-state index contributed by atoms with van der Waals surface area (Å²) in [7, 11) is 0. The highest BCUT2D eigenvalue weighted by molar-refractivity contribution is 5.96. The van der Waals surface area contributed by atoms with Crippen molar-refractivity contribution in [2.45, 2.75) is 13.2 Å². The van der Waals surface area contributed by atoms with Crippen LogP contribution in [0.4, 0.5) is 0 Å². The molecule has 0 radical (unpaired) electrons. The molecule has 4 aromatic rings. The molecule has 0 aliphatic carbocycles. The van der Waals surface area contributed by atoms with Crippen LogP contribution in [0.15, 0.2) is 84.9 Å². The maximum absolute atomic E-state index is 12.7. The lowest BCUT2D eigenvalue weighted by atomic mass is 10.1. The largest absolute Gasteiger partial charge is 0.485 e. The number of hydrogen-bond acceptors (Lipinski definition) is 5. The molecule has 0 fully saturated rings. The Morgan fingerprint density at radius 3 is 2.38 bits per heavy atom. The zero-order chi connectivity index (χ0) is 19.9. The smallest absolute Gasteiger partial charge is 0.255 e. The molecular weight excluding hydrogens is 366 g/mol. The van der Waals surface area contributed by atoms with Gasteiger partial charge in [0.25, 0.3) is 5.91 Å². The molecule has 0 bridgehead atoms. The van der Waals surface area contributed by atoms with Gasteiger partial charge < -0.3 is 10.1 Å². The van der Waals surface area contributed by atoms with Crippen molar-refractivity contribution in [2.24, 2.45) is 0 Å². The minimum Gasteiger partial charge on any atom is -0.485 e. The van der Waals surface area contributed by atoms with Gasteiger partial charge in [0.15, 0.2) is 5.82 Å². The zero-order valence-corrected chi connectivity index (χ0v) is 15.6. The van der Waals surface area contributed by atoms with Gasteiger partial charge in [0, 0.05) is 6.54 Å². The number of tetrazole rings is 1. The summed E-state index contributed by atoms with van der Waals surface area (Å²) < 4.78 is 7.50. The molecule has 3 aromatic carbocycles. The molecule has 0 saturated carbocycles. The van der Waals surface area contributed by atoms with Crippen LogP contribution < -0.4 is 10.1 Å². The number of rotatable bonds is 7. The van der Waals surface area contributed by atoms with Crippen molar-refractivity contribution in [3.8, 4) is 11.4 Å². The summed E-state index contributed by atoms with van der Waals surface area (Å²) in [6.45, 7) is 0.575. The van der Waals surface area contributed by atoms with Crippen LogP contribution in [0.3, 0.4) is 0 Å². The lowest BCUT2D eigenvalue weighted by Gasteiger charge is -2.12. The molecule has 7 heteroatoms. The third kappa shape index (κ3) is 4.47. The topological polar surface area (TPSA) is 81.9 Å². The van der Waals surface area contributed by atoms with Crippen molar-refractivity contribution in [1.29, 1.82) is 0 Å². The summed E-state index contributed by atoms with van der Waals surface area (Å²) in [6, 6.07) is 26.4. The quantitative estimate of drug-likeness (QED) is 0.528. The lowest BCUT2D eigenvalue weighted by molar-refractivity contribution is 0.0946. The van der Waals surface area contributed by atoms with Crippen molar-refractivity contribution in [3.05, 3.63) is 102 Å². The third-order valence-electron chi connectivity index (χ3n) is 4.32. The van der Waals surface area contributed by atoms with Gasteiger partial charge in [-0.3, -0.25) is 4.79 Å². The van der Waals surface area contributed by atoms with Gasteiger partial charge in [-0.25, -0.2) is 0 Å². The lowest BCUT2D eigenvalue weighted by Crippen LogP contribution is -2.23. The number of benzene rings is 3. The Morgan fingerprint density at radius 1 is 0.897 bits per heavy atom. The first-order valence-electron chi connectivity index (χ1n) is 9.18. The number of carbonyl (C=O) groups excluding carboxylic acids is 1. The van der Waals surface area contributed by atoms with E-state index in [2.05, 4.69) is 20.8 Å². The van der Waals surface area contributed by atoms with Gasteiger partial charge in [0.1, 0.15) is 12.4 Å². The average molecular weight is 385 g/mol. The molecule has 7 nitrogen and oxygen atoms in total. The van der Waals surface area contributed by atoms with Crippen LogP contribution in [-0.2, 0) is 13.2 Å². The SMILES string of the molecule is O=C(NCc1ccccc1)c1ccccc1OCc1nnnn1-c1ccccc1. The van der Waals surface area contributed by atoms with Gasteiger partial charge in [-0.05, 0) is 40.3 Å². The second kappa shape index (κ2) is 8.79. The zero-order valence-electron chi connectivity index (χ0n) is 15.6. The summed E-state index contributed by atoms with van der Waals surface area (Å²) in [4.78, 5) is 12.7. The van der Waals surface area contributed by atoms with Gasteiger partial charge in [-0.15, -0.1) is 5.10 Å². The monoisotopic (exact) mass is 385 g/mol. The number of hydrogen-bond donors (Lipinski definition) is 1. The van der Waals surface area contributed by atoms with Crippen LogP contribution in [0.25, 0.3) is 5.69 Å². The van der Waals surface area contributed by atoms with E-state index in [1.54, 1.807) is 22.9 Å². The molecule has 1 heterocycles. The van der Waals surface area contributed by atoms with Crippen molar-refractivity contribution in [1.82, 2.24) is 25.5 Å². The van der Waals surface area contributed by atoms with E-state index >= 15 is 0 Å². The van der Waals surface area contributed by atoms with E-state index in [9.17, 15) is 4.79 Å². The number of ether oxygens (including phenoxy) is 1. The van der Waals surface area contributed by atoms with Gasteiger partial charge in [0.05, 0.1) is 11.3 Å². The molecule has 0 aliphatic heterocycles. The van der Waals surface area contributed by atoms with E-state index in [1.165, 1.54) is 0 Å². The van der Waals surface area contributed by atoms with Gasteiger partial charge >= 0.3 is 0 Å². The van der Waals surface area contributed by atoms with E-state index in [0.717, 1.165) is 11.3 Å². The highest BCUT2D eigenvalue weighted by Crippen LogP contribution is 2.19. The van der Waals surface area contributed by atoms with Crippen molar-refractivity contribution in [2.75, 3.05) is 0 Å². The minimum atomic E-state index is -0.202. The first-order chi connectivity index (χ1) is 14.3. The fourth-order valence-corrected chi connectivity index (χ4v) is 2.86. The second-order valence-electron chi connectivity index (χ2n) is 6.30. The van der Waals surface area contributed by atoms with Crippen molar-refractivity contribution < 1.29 is 9.53 Å². The van der Waals surface area contributed by atoms with Gasteiger partial charge in [-0.2, -0.15) is 4.68 Å². The molecule has 0 aliphatic rings. The standard InChI is InChI=1S/C22H19N5O2/c28-22(23-15-17-9-3-1-4-10-17)19-13-7-8-14-20(19)29-16-21-24-25-26-27(21)18-11-5-2-6-12-18/h1-14H,15-16H2,(H,23,28). The van der Waals surface area contributed by atoms with Crippen molar-refractivity contribution >= 4 is 5.91 Å². The molecule has 0 saturated heterocycles. The Hall–Kier alpha value is -4.00. The first kappa shape index (κ1) is 18.4. The summed E-state index contributed by atoms with van der Waals surface area (Å²) >= 11 is 0. The van der Waals surface area contributed by atoms with Gasteiger partial charge in [-0.1, -0.05) is 60.7 Å². The Kier molecular flexibility index (Phi) is 5.57. The van der Waals surface area contributed by atoms with Crippen LogP contribution in [-0.4, -0.2) is 26.1 Å². The van der Waals surface area contributed by atoms with Crippen LogP contribution >= 0.6 is 0 Å². The molecule has 1 N–H and O–H groups in total. The van der Waals surface area contributed by atoms with Crippen LogP contribution in [0.1, 0.15) is 21.7 Å². The Balaban J connectivity index is 1.46. The molecule has 29 heavy (non-hydrogen) atoms. The highest BCUT2D eigenvalue weighted by Gasteiger charge is 2.14. The Morgan fingerprint density at radius 2 is 1.59 bits per heavy atom. The Bertz CT molecular complexity index is 1080. The number of para-hydroxylation sites is 2. The predicted molar refractivity (Wildman–Crippen MR) is 108 cm³/mol. The normalized spacial score (nSPS) is 10.5. The number of nitrogens with zero attached hydrogens (tertiary/aromatic N) is 4. The van der Waals surface area contributed by atoms with E-state index in [1.807, 2.05) is 66.7 Å². The molecule has 1 aromatic heterocycles. The maximum Gasteiger partial charge on any atom is 0.255 e. The predicted octanol–water partition coefficient (Wildman–Crippen LogP) is 3.17. The molecular formula is C22H19N5O2. The Labute approximate surface area is 168 Å². The number of nitrogens with one attached hydrogen (secondary N) is 1. The summed E-state index contributed by atoms with van der Waals surface area (Å²) in [5.41, 5.74) is 2.33. The van der Waals surface area contributed by atoms with Crippen LogP contribution in [0.2, 0.25) is 0 Å². The summed E-state index contributed by atoms with van der Waals surface area (Å²) in [6.07, 6.45) is 0.